The molecule has 2 aliphatic rings. The van der Waals surface area contributed by atoms with E-state index in [2.05, 4.69) is 24.8 Å². The summed E-state index contributed by atoms with van der Waals surface area (Å²) in [6, 6.07) is 8.52. The van der Waals surface area contributed by atoms with Gasteiger partial charge in [-0.2, -0.15) is 5.26 Å². The summed E-state index contributed by atoms with van der Waals surface area (Å²) in [5, 5.41) is 9.80. The minimum atomic E-state index is -0.187. The van der Waals surface area contributed by atoms with Gasteiger partial charge in [0.05, 0.1) is 25.2 Å². The maximum Gasteiger partial charge on any atom is 0.231 e. The molecule has 1 aromatic rings. The normalized spacial score (nSPS) is 20.6. The molecular formula is C17H22N2O3. The van der Waals surface area contributed by atoms with Crippen LogP contribution in [0.1, 0.15) is 25.3 Å². The van der Waals surface area contributed by atoms with Gasteiger partial charge >= 0.3 is 0 Å². The highest BCUT2D eigenvalue weighted by molar-refractivity contribution is 5.46. The van der Waals surface area contributed by atoms with E-state index < -0.39 is 0 Å². The lowest BCUT2D eigenvalue weighted by atomic mass is 9.84. The monoisotopic (exact) mass is 302 g/mol. The number of nitrogens with zero attached hydrogens (tertiary/aromatic N) is 2. The van der Waals surface area contributed by atoms with Crippen LogP contribution in [0.15, 0.2) is 18.2 Å². The van der Waals surface area contributed by atoms with Crippen LogP contribution in [0.25, 0.3) is 0 Å². The van der Waals surface area contributed by atoms with Crippen molar-refractivity contribution in [3.05, 3.63) is 23.8 Å². The van der Waals surface area contributed by atoms with Crippen molar-refractivity contribution in [2.45, 2.75) is 25.8 Å². The van der Waals surface area contributed by atoms with Crippen LogP contribution in [-0.4, -0.2) is 44.0 Å². The summed E-state index contributed by atoms with van der Waals surface area (Å²) < 4.78 is 16.3. The third-order valence-corrected chi connectivity index (χ3v) is 4.39. The van der Waals surface area contributed by atoms with Gasteiger partial charge in [0, 0.05) is 19.1 Å². The van der Waals surface area contributed by atoms with Crippen molar-refractivity contribution in [1.29, 1.82) is 5.26 Å². The zero-order valence-corrected chi connectivity index (χ0v) is 13.1. The summed E-state index contributed by atoms with van der Waals surface area (Å²) in [4.78, 5) is 2.38. The third-order valence-electron chi connectivity index (χ3n) is 4.39. The predicted octanol–water partition coefficient (Wildman–Crippen LogP) is 2.38. The molecule has 1 aromatic carbocycles. The number of morpholine rings is 1. The van der Waals surface area contributed by atoms with Crippen molar-refractivity contribution in [2.75, 3.05) is 33.1 Å². The first-order valence-corrected chi connectivity index (χ1v) is 7.81. The van der Waals surface area contributed by atoms with Gasteiger partial charge in [-0.1, -0.05) is 19.9 Å². The van der Waals surface area contributed by atoms with E-state index in [1.807, 2.05) is 18.2 Å². The van der Waals surface area contributed by atoms with Crippen LogP contribution in [0, 0.1) is 17.2 Å². The molecule has 3 rings (SSSR count). The second-order valence-corrected chi connectivity index (χ2v) is 6.10. The molecular weight excluding hydrogens is 280 g/mol. The molecule has 1 fully saturated rings. The molecule has 0 aromatic heterocycles. The van der Waals surface area contributed by atoms with Gasteiger partial charge in [-0.3, -0.25) is 4.90 Å². The first-order chi connectivity index (χ1) is 10.7. The topological polar surface area (TPSA) is 54.7 Å². The number of hydrogen-bond donors (Lipinski definition) is 0. The van der Waals surface area contributed by atoms with Crippen LogP contribution in [0.2, 0.25) is 0 Å². The fourth-order valence-corrected chi connectivity index (χ4v) is 3.35. The van der Waals surface area contributed by atoms with E-state index >= 15 is 0 Å². The second kappa shape index (κ2) is 6.55. The molecule has 22 heavy (non-hydrogen) atoms. The van der Waals surface area contributed by atoms with Gasteiger partial charge in [0.1, 0.15) is 0 Å². The smallest absolute Gasteiger partial charge is 0.231 e. The Labute approximate surface area is 131 Å². The van der Waals surface area contributed by atoms with Gasteiger partial charge in [0.2, 0.25) is 6.79 Å². The number of benzene rings is 1. The summed E-state index contributed by atoms with van der Waals surface area (Å²) in [5.41, 5.74) is 0.997. The molecule has 0 amide bonds. The molecule has 0 radical (unpaired) electrons. The van der Waals surface area contributed by atoms with Crippen LogP contribution in [0.5, 0.6) is 11.5 Å². The third kappa shape index (κ3) is 2.90. The molecule has 1 saturated heterocycles. The molecule has 2 heterocycles. The van der Waals surface area contributed by atoms with Gasteiger partial charge in [-0.25, -0.2) is 0 Å². The average Bonchev–Trinajstić information content (AvgIpc) is 3.00. The second-order valence-electron chi connectivity index (χ2n) is 6.10. The van der Waals surface area contributed by atoms with Gasteiger partial charge in [0.25, 0.3) is 0 Å². The highest BCUT2D eigenvalue weighted by Gasteiger charge is 2.33. The van der Waals surface area contributed by atoms with E-state index in [0.717, 1.165) is 43.4 Å². The summed E-state index contributed by atoms with van der Waals surface area (Å²) in [6.07, 6.45) is 0. The SMILES string of the molecule is CC(C)C(C(C#N)c1ccc2c(c1)OCO2)N1CCOCC1. The Kier molecular flexibility index (Phi) is 4.51. The van der Waals surface area contributed by atoms with Gasteiger partial charge in [-0.15, -0.1) is 0 Å². The Balaban J connectivity index is 1.88. The molecule has 0 N–H and O–H groups in total. The number of hydrogen-bond acceptors (Lipinski definition) is 5. The van der Waals surface area contributed by atoms with Crippen molar-refractivity contribution in [3.8, 4) is 17.6 Å². The van der Waals surface area contributed by atoms with Gasteiger partial charge in [-0.05, 0) is 23.6 Å². The van der Waals surface area contributed by atoms with E-state index in [9.17, 15) is 5.26 Å². The molecule has 5 nitrogen and oxygen atoms in total. The molecule has 0 saturated carbocycles. The van der Waals surface area contributed by atoms with Crippen molar-refractivity contribution in [2.24, 2.45) is 5.92 Å². The van der Waals surface area contributed by atoms with Crippen molar-refractivity contribution >= 4 is 0 Å². The zero-order valence-electron chi connectivity index (χ0n) is 13.1. The lowest BCUT2D eigenvalue weighted by Crippen LogP contribution is -2.48. The lowest BCUT2D eigenvalue weighted by Gasteiger charge is -2.39. The minimum absolute atomic E-state index is 0.175. The Bertz CT molecular complexity index is 562. The maximum atomic E-state index is 9.80. The zero-order chi connectivity index (χ0) is 15.5. The quantitative estimate of drug-likeness (QED) is 0.854. The van der Waals surface area contributed by atoms with E-state index in [1.165, 1.54) is 0 Å². The van der Waals surface area contributed by atoms with Crippen LogP contribution in [0.3, 0.4) is 0 Å². The minimum Gasteiger partial charge on any atom is -0.454 e. The molecule has 5 heteroatoms. The summed E-state index contributed by atoms with van der Waals surface area (Å²) >= 11 is 0. The highest BCUT2D eigenvalue weighted by atomic mass is 16.7. The van der Waals surface area contributed by atoms with Gasteiger partial charge < -0.3 is 14.2 Å². The van der Waals surface area contributed by atoms with E-state index in [-0.39, 0.29) is 18.8 Å². The highest BCUT2D eigenvalue weighted by Crippen LogP contribution is 2.37. The van der Waals surface area contributed by atoms with Crippen molar-refractivity contribution in [3.63, 3.8) is 0 Å². The fourth-order valence-electron chi connectivity index (χ4n) is 3.35. The Morgan fingerprint density at radius 2 is 1.86 bits per heavy atom. The molecule has 118 valence electrons. The lowest BCUT2D eigenvalue weighted by molar-refractivity contribution is 0.00326. The number of rotatable bonds is 4. The standard InChI is InChI=1S/C17H22N2O3/c1-12(2)17(19-5-7-20-8-6-19)14(10-18)13-3-4-15-16(9-13)22-11-21-15/h3-4,9,12,14,17H,5-8,11H2,1-2H3. The molecule has 2 aliphatic heterocycles. The Morgan fingerprint density at radius 3 is 2.55 bits per heavy atom. The van der Waals surface area contributed by atoms with Crippen molar-refractivity contribution < 1.29 is 14.2 Å². The Hall–Kier alpha value is -1.77. The fraction of sp³-hybridized carbons (Fsp3) is 0.588. The first kappa shape index (κ1) is 15.1. The van der Waals surface area contributed by atoms with Crippen LogP contribution >= 0.6 is 0 Å². The van der Waals surface area contributed by atoms with E-state index in [0.29, 0.717) is 5.92 Å². The Morgan fingerprint density at radius 1 is 1.14 bits per heavy atom. The first-order valence-electron chi connectivity index (χ1n) is 7.81. The number of ether oxygens (including phenoxy) is 3. The molecule has 0 spiro atoms. The van der Waals surface area contributed by atoms with Crippen LogP contribution < -0.4 is 9.47 Å². The molecule has 0 bridgehead atoms. The summed E-state index contributed by atoms with van der Waals surface area (Å²) in [6.45, 7) is 7.85. The van der Waals surface area contributed by atoms with E-state index in [4.69, 9.17) is 14.2 Å². The number of nitriles is 1. The summed E-state index contributed by atoms with van der Waals surface area (Å²) in [7, 11) is 0. The molecule has 0 aliphatic carbocycles. The van der Waals surface area contributed by atoms with Crippen LogP contribution in [-0.2, 0) is 4.74 Å². The van der Waals surface area contributed by atoms with Crippen molar-refractivity contribution in [1.82, 2.24) is 4.90 Å². The number of fused-ring (bicyclic) bond motifs is 1. The predicted molar refractivity (Wildman–Crippen MR) is 81.9 cm³/mol. The van der Waals surface area contributed by atoms with Crippen LogP contribution in [0.4, 0.5) is 0 Å². The maximum absolute atomic E-state index is 9.80. The summed E-state index contributed by atoms with van der Waals surface area (Å²) in [5.74, 6) is 1.69. The molecule has 2 unspecified atom stereocenters. The average molecular weight is 302 g/mol. The largest absolute Gasteiger partial charge is 0.454 e. The van der Waals surface area contributed by atoms with Gasteiger partial charge in [0.15, 0.2) is 11.5 Å². The molecule has 2 atom stereocenters. The van der Waals surface area contributed by atoms with E-state index in [1.54, 1.807) is 0 Å².